The molecule has 6 nitrogen and oxygen atoms in total. The fraction of sp³-hybridized carbons (Fsp3) is 0.371. The number of piperidine rings is 2. The van der Waals surface area contributed by atoms with Crippen LogP contribution >= 0.6 is 0 Å². The van der Waals surface area contributed by atoms with Crippen molar-refractivity contribution in [1.29, 1.82) is 0 Å². The van der Waals surface area contributed by atoms with Gasteiger partial charge < -0.3 is 4.79 Å². The van der Waals surface area contributed by atoms with Gasteiger partial charge in [0.05, 0.1) is 11.7 Å². The number of fused-ring (bicyclic) bond motifs is 1. The third kappa shape index (κ3) is 6.38. The number of hydrogen-bond acceptors (Lipinski definition) is 4. The molecule has 1 N–H and O–H groups in total. The summed E-state index contributed by atoms with van der Waals surface area (Å²) in [6.45, 7) is 9.51. The van der Waals surface area contributed by atoms with Crippen LogP contribution in [0.2, 0.25) is 0 Å². The zero-order valence-corrected chi connectivity index (χ0v) is 24.2. The van der Waals surface area contributed by atoms with Crippen molar-refractivity contribution in [3.8, 4) is 11.1 Å². The number of nitrogens with one attached hydrogen (secondary N) is 1. The third-order valence-electron chi connectivity index (χ3n) is 8.90. The van der Waals surface area contributed by atoms with Crippen LogP contribution in [0.5, 0.6) is 0 Å². The lowest BCUT2D eigenvalue weighted by Crippen LogP contribution is -2.34. The molecule has 2 saturated heterocycles. The van der Waals surface area contributed by atoms with Crippen LogP contribution in [0.1, 0.15) is 60.9 Å². The highest BCUT2D eigenvalue weighted by atomic mass is 16.1. The first-order valence-corrected chi connectivity index (χ1v) is 15.0. The molecule has 41 heavy (non-hydrogen) atoms. The van der Waals surface area contributed by atoms with E-state index in [0.717, 1.165) is 68.4 Å². The molecule has 6 rings (SSSR count). The van der Waals surface area contributed by atoms with Crippen LogP contribution in [0.15, 0.2) is 66.5 Å². The first-order chi connectivity index (χ1) is 20.1. The molecule has 2 aliphatic heterocycles. The number of carbonyl (C=O) groups is 1. The molecule has 0 unspecified atom stereocenters. The summed E-state index contributed by atoms with van der Waals surface area (Å²) in [5.74, 6) is 0.866. The van der Waals surface area contributed by atoms with Crippen molar-refractivity contribution in [3.05, 3.63) is 88.9 Å². The van der Waals surface area contributed by atoms with E-state index >= 15 is 0 Å². The normalized spacial score (nSPS) is 19.0. The van der Waals surface area contributed by atoms with Crippen LogP contribution in [0, 0.1) is 12.8 Å². The summed E-state index contributed by atoms with van der Waals surface area (Å²) in [6.07, 6.45) is 13.8. The van der Waals surface area contributed by atoms with Crippen molar-refractivity contribution in [1.82, 2.24) is 20.1 Å². The number of carbonyl (C=O) groups excluding carboxylic acids is 1. The van der Waals surface area contributed by atoms with Gasteiger partial charge in [-0.1, -0.05) is 29.8 Å². The predicted molar refractivity (Wildman–Crippen MR) is 167 cm³/mol. The molecule has 4 heterocycles. The maximum absolute atomic E-state index is 11.0. The maximum atomic E-state index is 11.0. The number of benzene rings is 2. The van der Waals surface area contributed by atoms with Crippen molar-refractivity contribution >= 4 is 29.5 Å². The van der Waals surface area contributed by atoms with Crippen molar-refractivity contribution in [2.75, 3.05) is 32.7 Å². The van der Waals surface area contributed by atoms with Crippen LogP contribution in [-0.2, 0) is 4.79 Å². The first-order valence-electron chi connectivity index (χ1n) is 15.0. The summed E-state index contributed by atoms with van der Waals surface area (Å²) in [5, 5.41) is 8.34. The molecular formula is C35H40N5O+. The van der Waals surface area contributed by atoms with E-state index < -0.39 is 0 Å². The molecule has 0 atom stereocenters. The Kier molecular flexibility index (Phi) is 8.19. The maximum Gasteiger partial charge on any atom is 0.170 e. The van der Waals surface area contributed by atoms with E-state index in [1.165, 1.54) is 46.2 Å². The molecule has 210 valence electrons. The molecule has 0 bridgehead atoms. The van der Waals surface area contributed by atoms with Gasteiger partial charge in [-0.25, -0.2) is 4.58 Å². The number of aldehydes is 1. The number of hydrogen-bond donors (Lipinski definition) is 1. The second kappa shape index (κ2) is 12.3. The number of pyridine rings is 1. The molecule has 0 aliphatic carbocycles. The topological polar surface area (TPSA) is 64.9 Å². The third-order valence-corrected chi connectivity index (χ3v) is 8.90. The zero-order valence-electron chi connectivity index (χ0n) is 24.2. The highest BCUT2D eigenvalue weighted by Crippen LogP contribution is 2.31. The van der Waals surface area contributed by atoms with E-state index in [9.17, 15) is 4.79 Å². The standard InChI is InChI=1S/C35H40N5O/c1-25(19-34-26(2)36-14-9-33(34)31-7-8-35-32(20-31)21-37-38-35)22-39-17-12-30(13-18-39)29-5-3-27(4-6-29)23-40-15-10-28(24-41)11-16-40/h3-9,14,19-21,23-24,28,30H,10-13,15-18,22H2,1-2H3,(H,37,38)/q+1/b25-19+,40-23?. The van der Waals surface area contributed by atoms with Gasteiger partial charge in [-0.2, -0.15) is 5.10 Å². The fourth-order valence-corrected chi connectivity index (χ4v) is 6.44. The van der Waals surface area contributed by atoms with E-state index in [-0.39, 0.29) is 5.92 Å². The van der Waals surface area contributed by atoms with E-state index in [1.54, 1.807) is 0 Å². The van der Waals surface area contributed by atoms with E-state index in [1.807, 2.05) is 12.4 Å². The molecule has 2 aromatic heterocycles. The molecule has 2 aromatic carbocycles. The predicted octanol–water partition coefficient (Wildman–Crippen LogP) is 6.26. The summed E-state index contributed by atoms with van der Waals surface area (Å²) >= 11 is 0. The van der Waals surface area contributed by atoms with Crippen LogP contribution in [0.25, 0.3) is 28.1 Å². The number of rotatable bonds is 7. The largest absolute Gasteiger partial charge is 0.303 e. The van der Waals surface area contributed by atoms with Gasteiger partial charge >= 0.3 is 0 Å². The van der Waals surface area contributed by atoms with Crippen LogP contribution in [0.4, 0.5) is 0 Å². The van der Waals surface area contributed by atoms with Gasteiger partial charge in [0.2, 0.25) is 0 Å². The van der Waals surface area contributed by atoms with Crippen LogP contribution in [-0.4, -0.2) is 69.9 Å². The average Bonchev–Trinajstić information content (AvgIpc) is 3.48. The van der Waals surface area contributed by atoms with Gasteiger partial charge in [0.1, 0.15) is 19.4 Å². The molecule has 6 heteroatoms. The Bertz CT molecular complexity index is 1560. The Morgan fingerprint density at radius 2 is 1.83 bits per heavy atom. The Morgan fingerprint density at radius 1 is 1.05 bits per heavy atom. The van der Waals surface area contributed by atoms with E-state index in [2.05, 4.69) is 99.3 Å². The molecule has 4 aromatic rings. The molecule has 2 fully saturated rings. The van der Waals surface area contributed by atoms with Crippen molar-refractivity contribution in [3.63, 3.8) is 0 Å². The smallest absolute Gasteiger partial charge is 0.170 e. The van der Waals surface area contributed by atoms with Crippen molar-refractivity contribution in [2.45, 2.75) is 45.4 Å². The lowest BCUT2D eigenvalue weighted by atomic mass is 9.89. The highest BCUT2D eigenvalue weighted by Gasteiger charge is 2.22. The zero-order chi connectivity index (χ0) is 28.2. The second-order valence-corrected chi connectivity index (χ2v) is 11.9. The summed E-state index contributed by atoms with van der Waals surface area (Å²) in [4.78, 5) is 18.2. The minimum Gasteiger partial charge on any atom is -0.303 e. The minimum absolute atomic E-state index is 0.243. The molecule has 2 aliphatic rings. The summed E-state index contributed by atoms with van der Waals surface area (Å²) < 4.78 is 2.36. The Morgan fingerprint density at radius 3 is 2.59 bits per heavy atom. The monoisotopic (exact) mass is 546 g/mol. The van der Waals surface area contributed by atoms with Gasteiger partial charge in [0.15, 0.2) is 6.21 Å². The molecule has 0 spiro atoms. The molecule has 0 amide bonds. The number of likely N-dealkylation sites (tertiary alicyclic amines) is 1. The number of aromatic nitrogens is 3. The fourth-order valence-electron chi connectivity index (χ4n) is 6.44. The lowest BCUT2D eigenvalue weighted by molar-refractivity contribution is -0.534. The number of H-pyrrole nitrogens is 1. The van der Waals surface area contributed by atoms with Gasteiger partial charge in [-0.05, 0) is 92.7 Å². The van der Waals surface area contributed by atoms with Gasteiger partial charge in [0.25, 0.3) is 0 Å². The summed E-state index contributed by atoms with van der Waals surface area (Å²) in [7, 11) is 0. The molecule has 0 saturated carbocycles. The first kappa shape index (κ1) is 27.3. The quantitative estimate of drug-likeness (QED) is 0.220. The Labute approximate surface area is 242 Å². The SMILES string of the molecule is C/C(=C\c1c(-c2ccc3[nH]ncc3c2)ccnc1C)CN1CCC(c2ccc(C=[N+]3CCC(C=O)CC3)cc2)CC1. The number of nitrogens with zero attached hydrogens (tertiary/aromatic N) is 4. The Hall–Kier alpha value is -3.90. The molecule has 0 radical (unpaired) electrons. The Balaban J connectivity index is 1.07. The van der Waals surface area contributed by atoms with E-state index in [0.29, 0.717) is 5.92 Å². The molecular weight excluding hydrogens is 506 g/mol. The van der Waals surface area contributed by atoms with Crippen molar-refractivity contribution in [2.24, 2.45) is 5.92 Å². The summed E-state index contributed by atoms with van der Waals surface area (Å²) in [5.41, 5.74) is 9.79. The average molecular weight is 547 g/mol. The number of aryl methyl sites for hydroxylation is 1. The summed E-state index contributed by atoms with van der Waals surface area (Å²) in [6, 6.07) is 17.8. The van der Waals surface area contributed by atoms with Crippen LogP contribution in [0.3, 0.4) is 0 Å². The van der Waals surface area contributed by atoms with Gasteiger partial charge in [-0.3, -0.25) is 15.0 Å². The van der Waals surface area contributed by atoms with E-state index in [4.69, 9.17) is 0 Å². The van der Waals surface area contributed by atoms with Gasteiger partial charge in [0, 0.05) is 53.7 Å². The number of aromatic amines is 1. The lowest BCUT2D eigenvalue weighted by Gasteiger charge is -2.32. The minimum atomic E-state index is 0.243. The van der Waals surface area contributed by atoms with Crippen LogP contribution < -0.4 is 0 Å². The van der Waals surface area contributed by atoms with Gasteiger partial charge in [-0.15, -0.1) is 0 Å². The highest BCUT2D eigenvalue weighted by molar-refractivity contribution is 5.86. The second-order valence-electron chi connectivity index (χ2n) is 11.9. The van der Waals surface area contributed by atoms with Crippen molar-refractivity contribution < 1.29 is 9.37 Å².